The standard InChI is InChI=1S/C28H30N4O4S/c1-19(2)17-25(33)29-23-13-11-21(12-14-23)27(35)31-32-28(37)30-26(34)22-9-6-10-24(18-22)36-16-15-20-7-4-3-5-8-20/h3-14,18-19H,15-17H2,1-2H3,(H,29,33)(H,31,35)(H2,30,32,34,37). The molecule has 0 aliphatic heterocycles. The number of hydrazine groups is 1. The lowest BCUT2D eigenvalue weighted by Gasteiger charge is -2.12. The van der Waals surface area contributed by atoms with Gasteiger partial charge >= 0.3 is 0 Å². The molecule has 0 aromatic heterocycles. The van der Waals surface area contributed by atoms with Crippen molar-refractivity contribution in [3.63, 3.8) is 0 Å². The van der Waals surface area contributed by atoms with Crippen LogP contribution < -0.4 is 26.2 Å². The molecular formula is C28H30N4O4S. The molecule has 9 heteroatoms. The molecule has 0 atom stereocenters. The van der Waals surface area contributed by atoms with Crippen molar-refractivity contribution in [3.8, 4) is 5.75 Å². The molecule has 192 valence electrons. The Balaban J connectivity index is 1.43. The van der Waals surface area contributed by atoms with Gasteiger partial charge in [-0.3, -0.25) is 30.6 Å². The van der Waals surface area contributed by atoms with Crippen molar-refractivity contribution in [1.29, 1.82) is 0 Å². The van der Waals surface area contributed by atoms with Crippen LogP contribution in [-0.4, -0.2) is 29.4 Å². The molecule has 8 nitrogen and oxygen atoms in total. The Labute approximate surface area is 221 Å². The highest BCUT2D eigenvalue weighted by atomic mass is 32.1. The summed E-state index contributed by atoms with van der Waals surface area (Å²) in [5.74, 6) is -0.159. The number of hydrogen-bond donors (Lipinski definition) is 4. The van der Waals surface area contributed by atoms with Crippen molar-refractivity contribution in [3.05, 3.63) is 95.6 Å². The number of rotatable bonds is 9. The zero-order chi connectivity index (χ0) is 26.6. The van der Waals surface area contributed by atoms with Crippen LogP contribution in [0.2, 0.25) is 0 Å². The fraction of sp³-hybridized carbons (Fsp3) is 0.214. The van der Waals surface area contributed by atoms with Gasteiger partial charge in [0, 0.05) is 29.7 Å². The van der Waals surface area contributed by atoms with E-state index in [-0.39, 0.29) is 16.9 Å². The van der Waals surface area contributed by atoms with Crippen LogP contribution in [0.15, 0.2) is 78.9 Å². The first-order valence-corrected chi connectivity index (χ1v) is 12.3. The second-order valence-corrected chi connectivity index (χ2v) is 9.11. The van der Waals surface area contributed by atoms with Gasteiger partial charge in [-0.15, -0.1) is 0 Å². The maximum Gasteiger partial charge on any atom is 0.269 e. The van der Waals surface area contributed by atoms with Gasteiger partial charge in [0.05, 0.1) is 6.61 Å². The summed E-state index contributed by atoms with van der Waals surface area (Å²) < 4.78 is 5.77. The van der Waals surface area contributed by atoms with E-state index >= 15 is 0 Å². The predicted octanol–water partition coefficient (Wildman–Crippen LogP) is 4.24. The third kappa shape index (κ3) is 9.38. The van der Waals surface area contributed by atoms with Crippen molar-refractivity contribution >= 4 is 40.7 Å². The predicted molar refractivity (Wildman–Crippen MR) is 147 cm³/mol. The monoisotopic (exact) mass is 518 g/mol. The number of anilines is 1. The normalized spacial score (nSPS) is 10.4. The first kappa shape index (κ1) is 27.3. The van der Waals surface area contributed by atoms with Crippen molar-refractivity contribution in [2.45, 2.75) is 26.7 Å². The Hall–Kier alpha value is -4.24. The largest absolute Gasteiger partial charge is 0.493 e. The van der Waals surface area contributed by atoms with Crippen LogP contribution in [0.5, 0.6) is 5.75 Å². The summed E-state index contributed by atoms with van der Waals surface area (Å²) in [5.41, 5.74) is 7.44. The Morgan fingerprint density at radius 2 is 1.57 bits per heavy atom. The van der Waals surface area contributed by atoms with Crippen LogP contribution in [0.3, 0.4) is 0 Å². The molecule has 4 N–H and O–H groups in total. The molecule has 0 saturated carbocycles. The molecule has 37 heavy (non-hydrogen) atoms. The second-order valence-electron chi connectivity index (χ2n) is 8.70. The fourth-order valence-electron chi connectivity index (χ4n) is 3.34. The van der Waals surface area contributed by atoms with Crippen molar-refractivity contribution in [2.24, 2.45) is 5.92 Å². The van der Waals surface area contributed by atoms with Crippen LogP contribution in [-0.2, 0) is 11.2 Å². The summed E-state index contributed by atoms with van der Waals surface area (Å²) >= 11 is 5.12. The van der Waals surface area contributed by atoms with Gasteiger partial charge in [0.25, 0.3) is 11.8 Å². The van der Waals surface area contributed by atoms with Gasteiger partial charge in [-0.05, 0) is 66.2 Å². The molecule has 3 rings (SSSR count). The molecule has 0 unspecified atom stereocenters. The average Bonchev–Trinajstić information content (AvgIpc) is 2.88. The van der Waals surface area contributed by atoms with Crippen LogP contribution in [0.25, 0.3) is 0 Å². The zero-order valence-electron chi connectivity index (χ0n) is 20.7. The minimum atomic E-state index is -0.453. The van der Waals surface area contributed by atoms with Gasteiger partial charge in [-0.25, -0.2) is 0 Å². The first-order chi connectivity index (χ1) is 17.8. The zero-order valence-corrected chi connectivity index (χ0v) is 21.6. The molecule has 3 aromatic carbocycles. The summed E-state index contributed by atoms with van der Waals surface area (Å²) in [4.78, 5) is 36.8. The number of hydrogen-bond acceptors (Lipinski definition) is 5. The summed E-state index contributed by atoms with van der Waals surface area (Å²) in [7, 11) is 0. The number of ether oxygens (including phenoxy) is 1. The van der Waals surface area contributed by atoms with E-state index in [2.05, 4.69) is 21.5 Å². The maximum absolute atomic E-state index is 12.6. The topological polar surface area (TPSA) is 109 Å². The van der Waals surface area contributed by atoms with Crippen molar-refractivity contribution < 1.29 is 19.1 Å². The smallest absolute Gasteiger partial charge is 0.269 e. The molecule has 0 bridgehead atoms. The van der Waals surface area contributed by atoms with E-state index in [0.717, 1.165) is 6.42 Å². The van der Waals surface area contributed by atoms with Crippen LogP contribution in [0.1, 0.15) is 46.5 Å². The third-order valence-electron chi connectivity index (χ3n) is 5.14. The number of benzene rings is 3. The average molecular weight is 519 g/mol. The summed E-state index contributed by atoms with van der Waals surface area (Å²) in [5, 5.41) is 5.24. The van der Waals surface area contributed by atoms with Gasteiger partial charge in [-0.1, -0.05) is 50.2 Å². The quantitative estimate of drug-likeness (QED) is 0.249. The number of nitrogens with one attached hydrogen (secondary N) is 4. The van der Waals surface area contributed by atoms with Crippen molar-refractivity contribution in [2.75, 3.05) is 11.9 Å². The maximum atomic E-state index is 12.6. The SMILES string of the molecule is CC(C)CC(=O)Nc1ccc(C(=O)NNC(=S)NC(=O)c2cccc(OCCc3ccccc3)c2)cc1. The van der Waals surface area contributed by atoms with Gasteiger partial charge in [0.1, 0.15) is 5.75 Å². The molecule has 3 amide bonds. The molecule has 0 spiro atoms. The molecule has 0 radical (unpaired) electrons. The number of amides is 3. The van der Waals surface area contributed by atoms with Gasteiger partial charge in [0.15, 0.2) is 5.11 Å². The Kier molecular flexibility index (Phi) is 10.2. The lowest BCUT2D eigenvalue weighted by Crippen LogP contribution is -2.48. The van der Waals surface area contributed by atoms with Crippen LogP contribution in [0, 0.1) is 5.92 Å². The van der Waals surface area contributed by atoms with Crippen LogP contribution in [0.4, 0.5) is 5.69 Å². The Morgan fingerprint density at radius 1 is 0.838 bits per heavy atom. The minimum Gasteiger partial charge on any atom is -0.493 e. The first-order valence-electron chi connectivity index (χ1n) is 11.9. The van der Waals surface area contributed by atoms with Crippen LogP contribution >= 0.6 is 12.2 Å². The highest BCUT2D eigenvalue weighted by molar-refractivity contribution is 7.80. The number of carbonyl (C=O) groups excluding carboxylic acids is 3. The molecule has 0 aliphatic rings. The number of carbonyl (C=O) groups is 3. The summed E-state index contributed by atoms with van der Waals surface area (Å²) in [6, 6.07) is 23.2. The van der Waals surface area contributed by atoms with Crippen molar-refractivity contribution in [1.82, 2.24) is 16.2 Å². The summed E-state index contributed by atoms with van der Waals surface area (Å²) in [6.45, 7) is 4.41. The van der Waals surface area contributed by atoms with E-state index in [1.807, 2.05) is 44.2 Å². The highest BCUT2D eigenvalue weighted by Crippen LogP contribution is 2.14. The molecular weight excluding hydrogens is 488 g/mol. The lowest BCUT2D eigenvalue weighted by molar-refractivity contribution is -0.116. The van der Waals surface area contributed by atoms with Gasteiger partial charge in [0.2, 0.25) is 5.91 Å². The Morgan fingerprint density at radius 3 is 2.27 bits per heavy atom. The molecule has 0 fully saturated rings. The fourth-order valence-corrected chi connectivity index (χ4v) is 3.48. The van der Waals surface area contributed by atoms with E-state index in [1.165, 1.54) is 5.56 Å². The third-order valence-corrected chi connectivity index (χ3v) is 5.34. The lowest BCUT2D eigenvalue weighted by atomic mass is 10.1. The summed E-state index contributed by atoms with van der Waals surface area (Å²) in [6.07, 6.45) is 1.17. The Bertz CT molecular complexity index is 1230. The van der Waals surface area contributed by atoms with E-state index in [9.17, 15) is 14.4 Å². The minimum absolute atomic E-state index is 0.0636. The van der Waals surface area contributed by atoms with Gasteiger partial charge in [-0.2, -0.15) is 0 Å². The van der Waals surface area contributed by atoms with E-state index in [0.29, 0.717) is 35.6 Å². The molecule has 0 aliphatic carbocycles. The molecule has 0 heterocycles. The van der Waals surface area contributed by atoms with E-state index < -0.39 is 11.8 Å². The molecule has 3 aromatic rings. The van der Waals surface area contributed by atoms with Gasteiger partial charge < -0.3 is 10.1 Å². The second kappa shape index (κ2) is 13.7. The number of thiocarbonyl (C=S) groups is 1. The highest BCUT2D eigenvalue weighted by Gasteiger charge is 2.11. The molecule has 0 saturated heterocycles. The van der Waals surface area contributed by atoms with E-state index in [1.54, 1.807) is 48.5 Å². The van der Waals surface area contributed by atoms with E-state index in [4.69, 9.17) is 17.0 Å².